The smallest absolute Gasteiger partial charge is 0.0453 e. The molecule has 1 aromatic carbocycles. The van der Waals surface area contributed by atoms with Gasteiger partial charge < -0.3 is 5.32 Å². The van der Waals surface area contributed by atoms with Gasteiger partial charge in [-0.25, -0.2) is 0 Å². The van der Waals surface area contributed by atoms with Gasteiger partial charge in [0.15, 0.2) is 0 Å². The molecule has 1 nitrogen and oxygen atoms in total. The first kappa shape index (κ1) is 16.3. The van der Waals surface area contributed by atoms with E-state index in [0.29, 0.717) is 11.3 Å². The molecule has 3 unspecified atom stereocenters. The summed E-state index contributed by atoms with van der Waals surface area (Å²) in [4.78, 5) is 0. The first-order valence-corrected chi connectivity index (χ1v) is 9.77. The van der Waals surface area contributed by atoms with Gasteiger partial charge in [-0.3, -0.25) is 0 Å². The molecular weight excluding hydrogens is 282 g/mol. The molecule has 112 valence electrons. The predicted octanol–water partition coefficient (Wildman–Crippen LogP) is 4.58. The lowest BCUT2D eigenvalue weighted by Crippen LogP contribution is -2.38. The Labute approximate surface area is 132 Å². The summed E-state index contributed by atoms with van der Waals surface area (Å²) in [7, 11) is 0. The van der Waals surface area contributed by atoms with Crippen LogP contribution in [0.1, 0.15) is 43.0 Å². The number of rotatable bonds is 5. The molecule has 20 heavy (non-hydrogen) atoms. The molecule has 0 amide bonds. The monoisotopic (exact) mass is 309 g/mol. The van der Waals surface area contributed by atoms with E-state index in [4.69, 9.17) is 0 Å². The third-order valence-electron chi connectivity index (χ3n) is 3.94. The van der Waals surface area contributed by atoms with Crippen LogP contribution < -0.4 is 5.32 Å². The summed E-state index contributed by atoms with van der Waals surface area (Å²) in [6, 6.07) is 7.41. The molecule has 0 aromatic heterocycles. The zero-order valence-electron chi connectivity index (χ0n) is 13.1. The molecule has 1 saturated heterocycles. The Kier molecular flexibility index (Phi) is 6.31. The highest BCUT2D eigenvalue weighted by Crippen LogP contribution is 2.39. The van der Waals surface area contributed by atoms with Crippen molar-refractivity contribution in [2.24, 2.45) is 0 Å². The summed E-state index contributed by atoms with van der Waals surface area (Å²) in [6.45, 7) is 10.2. The summed E-state index contributed by atoms with van der Waals surface area (Å²) < 4.78 is 0. The molecule has 0 radical (unpaired) electrons. The number of hydrogen-bond donors (Lipinski definition) is 1. The van der Waals surface area contributed by atoms with Gasteiger partial charge in [-0.05, 0) is 37.9 Å². The van der Waals surface area contributed by atoms with Crippen molar-refractivity contribution in [3.63, 3.8) is 0 Å². The molecule has 1 aliphatic heterocycles. The van der Waals surface area contributed by atoms with Crippen molar-refractivity contribution >= 4 is 23.5 Å². The van der Waals surface area contributed by atoms with Crippen molar-refractivity contribution < 1.29 is 0 Å². The highest BCUT2D eigenvalue weighted by Gasteiger charge is 2.31. The van der Waals surface area contributed by atoms with Gasteiger partial charge in [0.2, 0.25) is 0 Å². The molecule has 2 rings (SSSR count). The Bertz CT molecular complexity index is 433. The van der Waals surface area contributed by atoms with E-state index in [1.54, 1.807) is 0 Å². The van der Waals surface area contributed by atoms with Crippen LogP contribution in [0, 0.1) is 13.8 Å². The van der Waals surface area contributed by atoms with Gasteiger partial charge in [0.1, 0.15) is 0 Å². The Morgan fingerprint density at radius 2 is 2.00 bits per heavy atom. The van der Waals surface area contributed by atoms with Crippen molar-refractivity contribution in [1.29, 1.82) is 0 Å². The maximum Gasteiger partial charge on any atom is 0.0453 e. The molecule has 3 atom stereocenters. The fourth-order valence-electron chi connectivity index (χ4n) is 2.89. The lowest BCUT2D eigenvalue weighted by atomic mass is 9.95. The quantitative estimate of drug-likeness (QED) is 0.855. The fraction of sp³-hybridized carbons (Fsp3) is 0.647. The van der Waals surface area contributed by atoms with E-state index in [-0.39, 0.29) is 0 Å². The van der Waals surface area contributed by atoms with E-state index in [1.807, 2.05) is 0 Å². The van der Waals surface area contributed by atoms with Crippen LogP contribution in [-0.2, 0) is 0 Å². The number of aryl methyl sites for hydroxylation is 2. The summed E-state index contributed by atoms with van der Waals surface area (Å²) in [5, 5.41) is 5.22. The minimum Gasteiger partial charge on any atom is -0.309 e. The van der Waals surface area contributed by atoms with Crippen LogP contribution in [0.4, 0.5) is 0 Å². The standard InChI is InChI=1S/C17H27NS2/c1-5-8-18-16(17-14(4)19-9-10-20-17)15-7-6-12(2)11-13(15)3/h6-7,11,14,16-18H,5,8-10H2,1-4H3. The fourth-order valence-corrected chi connectivity index (χ4v) is 5.83. The van der Waals surface area contributed by atoms with Gasteiger partial charge in [-0.15, -0.1) is 0 Å². The second kappa shape index (κ2) is 7.77. The largest absolute Gasteiger partial charge is 0.309 e. The van der Waals surface area contributed by atoms with Crippen molar-refractivity contribution in [1.82, 2.24) is 5.32 Å². The molecule has 1 heterocycles. The van der Waals surface area contributed by atoms with E-state index in [9.17, 15) is 0 Å². The van der Waals surface area contributed by atoms with E-state index >= 15 is 0 Å². The number of hydrogen-bond acceptors (Lipinski definition) is 3. The average Bonchev–Trinajstić information content (AvgIpc) is 2.42. The Morgan fingerprint density at radius 1 is 1.25 bits per heavy atom. The van der Waals surface area contributed by atoms with Gasteiger partial charge in [0.25, 0.3) is 0 Å². The second-order valence-corrected chi connectivity index (χ2v) is 8.47. The molecule has 1 N–H and O–H groups in total. The molecule has 0 spiro atoms. The Balaban J connectivity index is 2.25. The number of thioether (sulfide) groups is 2. The molecule has 0 saturated carbocycles. The Morgan fingerprint density at radius 3 is 2.65 bits per heavy atom. The minimum atomic E-state index is 0.489. The maximum absolute atomic E-state index is 3.81. The highest BCUT2D eigenvalue weighted by molar-refractivity contribution is 8.07. The van der Waals surface area contributed by atoms with Crippen LogP contribution in [-0.4, -0.2) is 28.6 Å². The zero-order valence-corrected chi connectivity index (χ0v) is 14.7. The summed E-state index contributed by atoms with van der Waals surface area (Å²) in [5.41, 5.74) is 4.29. The summed E-state index contributed by atoms with van der Waals surface area (Å²) in [6.07, 6.45) is 1.19. The molecule has 0 aliphatic carbocycles. The van der Waals surface area contributed by atoms with Gasteiger partial charge >= 0.3 is 0 Å². The van der Waals surface area contributed by atoms with Gasteiger partial charge in [0.05, 0.1) is 0 Å². The predicted molar refractivity (Wildman–Crippen MR) is 95.1 cm³/mol. The maximum atomic E-state index is 3.81. The molecule has 1 aromatic rings. The molecule has 1 fully saturated rings. The van der Waals surface area contributed by atoms with E-state index in [2.05, 4.69) is 74.7 Å². The zero-order chi connectivity index (χ0) is 14.5. The van der Waals surface area contributed by atoms with Crippen LogP contribution in [0.5, 0.6) is 0 Å². The summed E-state index contributed by atoms with van der Waals surface area (Å²) >= 11 is 4.29. The van der Waals surface area contributed by atoms with Crippen molar-refractivity contribution in [2.45, 2.75) is 50.7 Å². The third-order valence-corrected chi connectivity index (χ3v) is 7.13. The average molecular weight is 310 g/mol. The minimum absolute atomic E-state index is 0.489. The third kappa shape index (κ3) is 3.96. The normalized spacial score (nSPS) is 24.6. The molecule has 1 aliphatic rings. The molecular formula is C17H27NS2. The van der Waals surface area contributed by atoms with Crippen molar-refractivity contribution in [3.05, 3.63) is 34.9 Å². The van der Waals surface area contributed by atoms with E-state index in [0.717, 1.165) is 11.8 Å². The van der Waals surface area contributed by atoms with Gasteiger partial charge in [-0.2, -0.15) is 23.5 Å². The topological polar surface area (TPSA) is 12.0 Å². The highest BCUT2D eigenvalue weighted by atomic mass is 32.2. The second-order valence-electron chi connectivity index (χ2n) is 5.70. The van der Waals surface area contributed by atoms with Crippen LogP contribution in [0.3, 0.4) is 0 Å². The van der Waals surface area contributed by atoms with Crippen molar-refractivity contribution in [3.8, 4) is 0 Å². The Hall–Kier alpha value is -0.120. The molecule has 3 heteroatoms. The lowest BCUT2D eigenvalue weighted by Gasteiger charge is -2.36. The first-order chi connectivity index (χ1) is 9.63. The van der Waals surface area contributed by atoms with Crippen LogP contribution in [0.2, 0.25) is 0 Å². The van der Waals surface area contributed by atoms with Crippen molar-refractivity contribution in [2.75, 3.05) is 18.1 Å². The van der Waals surface area contributed by atoms with Gasteiger partial charge in [-0.1, -0.05) is 37.6 Å². The van der Waals surface area contributed by atoms with Crippen LogP contribution in [0.15, 0.2) is 18.2 Å². The van der Waals surface area contributed by atoms with Gasteiger partial charge in [0, 0.05) is 28.0 Å². The van der Waals surface area contributed by atoms with Crippen LogP contribution >= 0.6 is 23.5 Å². The SMILES string of the molecule is CCCNC(c1ccc(C)cc1C)C1SCCSC1C. The lowest BCUT2D eigenvalue weighted by molar-refractivity contribution is 0.507. The van der Waals surface area contributed by atoms with E-state index in [1.165, 1.54) is 34.6 Å². The number of nitrogens with one attached hydrogen (secondary N) is 1. The first-order valence-electron chi connectivity index (χ1n) is 7.67. The summed E-state index contributed by atoms with van der Waals surface area (Å²) in [5.74, 6) is 2.59. The molecule has 0 bridgehead atoms. The van der Waals surface area contributed by atoms with E-state index < -0.39 is 0 Å². The van der Waals surface area contributed by atoms with Crippen LogP contribution in [0.25, 0.3) is 0 Å². The number of benzene rings is 1.